The first kappa shape index (κ1) is 20.6. The first-order chi connectivity index (χ1) is 13.4. The largest absolute Gasteiger partial charge is 0.497 e. The molecular formula is C19H21BrN2O5S. The molecule has 1 saturated heterocycles. The summed E-state index contributed by atoms with van der Waals surface area (Å²) >= 11 is 3.36. The van der Waals surface area contributed by atoms with Gasteiger partial charge in [-0.05, 0) is 30.3 Å². The number of halogens is 1. The van der Waals surface area contributed by atoms with Crippen LogP contribution in [0.2, 0.25) is 0 Å². The Morgan fingerprint density at radius 2 is 1.71 bits per heavy atom. The predicted octanol–water partition coefficient (Wildman–Crippen LogP) is 2.61. The fourth-order valence-electron chi connectivity index (χ4n) is 3.06. The van der Waals surface area contributed by atoms with Crippen LogP contribution in [0.1, 0.15) is 10.4 Å². The Bertz CT molecular complexity index is 972. The second kappa shape index (κ2) is 8.50. The van der Waals surface area contributed by atoms with Crippen molar-refractivity contribution < 1.29 is 22.7 Å². The van der Waals surface area contributed by atoms with Gasteiger partial charge < -0.3 is 14.4 Å². The third kappa shape index (κ3) is 4.16. The zero-order chi connectivity index (χ0) is 20.3. The minimum atomic E-state index is -3.77. The van der Waals surface area contributed by atoms with Crippen LogP contribution in [0.4, 0.5) is 0 Å². The molecule has 0 aliphatic carbocycles. The summed E-state index contributed by atoms with van der Waals surface area (Å²) in [5, 5.41) is 0. The van der Waals surface area contributed by atoms with Crippen LogP contribution in [0, 0.1) is 0 Å². The number of hydrogen-bond acceptors (Lipinski definition) is 5. The number of amides is 1. The van der Waals surface area contributed by atoms with Crippen LogP contribution in [-0.4, -0.2) is 63.9 Å². The molecule has 1 aliphatic heterocycles. The number of hydrogen-bond donors (Lipinski definition) is 0. The molecule has 1 fully saturated rings. The molecule has 1 aliphatic rings. The zero-order valence-corrected chi connectivity index (χ0v) is 18.0. The SMILES string of the molecule is COc1ccc(OC)c(S(=O)(=O)N2CCN(C(=O)c3cccc(Br)c3)CC2)c1. The van der Waals surface area contributed by atoms with E-state index in [0.29, 0.717) is 24.4 Å². The van der Waals surface area contributed by atoms with E-state index in [4.69, 9.17) is 9.47 Å². The van der Waals surface area contributed by atoms with Crippen molar-refractivity contribution in [3.05, 3.63) is 52.5 Å². The number of piperazine rings is 1. The molecule has 1 amide bonds. The number of carbonyl (C=O) groups excluding carboxylic acids is 1. The van der Waals surface area contributed by atoms with Gasteiger partial charge in [0, 0.05) is 42.3 Å². The van der Waals surface area contributed by atoms with E-state index in [0.717, 1.165) is 4.47 Å². The van der Waals surface area contributed by atoms with Crippen molar-refractivity contribution >= 4 is 31.9 Å². The molecule has 28 heavy (non-hydrogen) atoms. The Balaban J connectivity index is 1.76. The van der Waals surface area contributed by atoms with Crippen molar-refractivity contribution in [3.63, 3.8) is 0 Å². The molecular weight excluding hydrogens is 448 g/mol. The van der Waals surface area contributed by atoms with E-state index in [9.17, 15) is 13.2 Å². The molecule has 0 atom stereocenters. The van der Waals surface area contributed by atoms with Gasteiger partial charge in [0.25, 0.3) is 5.91 Å². The van der Waals surface area contributed by atoms with E-state index in [-0.39, 0.29) is 29.6 Å². The van der Waals surface area contributed by atoms with Gasteiger partial charge in [0.1, 0.15) is 16.4 Å². The van der Waals surface area contributed by atoms with Gasteiger partial charge in [-0.15, -0.1) is 0 Å². The van der Waals surface area contributed by atoms with Gasteiger partial charge in [-0.25, -0.2) is 8.42 Å². The third-order valence-corrected chi connectivity index (χ3v) is 7.00. The molecule has 0 unspecified atom stereocenters. The van der Waals surface area contributed by atoms with E-state index in [1.807, 2.05) is 6.07 Å². The molecule has 2 aromatic rings. The molecule has 0 saturated carbocycles. The first-order valence-electron chi connectivity index (χ1n) is 8.64. The van der Waals surface area contributed by atoms with Crippen LogP contribution >= 0.6 is 15.9 Å². The van der Waals surface area contributed by atoms with Gasteiger partial charge >= 0.3 is 0 Å². The predicted molar refractivity (Wildman–Crippen MR) is 108 cm³/mol. The Morgan fingerprint density at radius 3 is 2.32 bits per heavy atom. The monoisotopic (exact) mass is 468 g/mol. The zero-order valence-electron chi connectivity index (χ0n) is 15.6. The van der Waals surface area contributed by atoms with Gasteiger partial charge in [-0.3, -0.25) is 4.79 Å². The Kier molecular flexibility index (Phi) is 6.26. The van der Waals surface area contributed by atoms with E-state index < -0.39 is 10.0 Å². The summed E-state index contributed by atoms with van der Waals surface area (Å²) in [6.45, 7) is 1.05. The highest BCUT2D eigenvalue weighted by Gasteiger charge is 2.32. The maximum atomic E-state index is 13.1. The van der Waals surface area contributed by atoms with Crippen molar-refractivity contribution in [1.82, 2.24) is 9.21 Å². The lowest BCUT2D eigenvalue weighted by Crippen LogP contribution is -2.50. The maximum Gasteiger partial charge on any atom is 0.253 e. The van der Waals surface area contributed by atoms with Gasteiger partial charge in [0.15, 0.2) is 0 Å². The van der Waals surface area contributed by atoms with Crippen LogP contribution in [0.25, 0.3) is 0 Å². The molecule has 0 spiro atoms. The van der Waals surface area contributed by atoms with Crippen molar-refractivity contribution in [2.75, 3.05) is 40.4 Å². The fraction of sp³-hybridized carbons (Fsp3) is 0.316. The highest BCUT2D eigenvalue weighted by molar-refractivity contribution is 9.10. The van der Waals surface area contributed by atoms with Crippen molar-refractivity contribution in [2.24, 2.45) is 0 Å². The summed E-state index contributed by atoms with van der Waals surface area (Å²) in [5.41, 5.74) is 0.570. The lowest BCUT2D eigenvalue weighted by Gasteiger charge is -2.34. The molecule has 9 heteroatoms. The molecule has 1 heterocycles. The lowest BCUT2D eigenvalue weighted by molar-refractivity contribution is 0.0697. The quantitative estimate of drug-likeness (QED) is 0.673. The molecule has 2 aromatic carbocycles. The molecule has 7 nitrogen and oxygen atoms in total. The third-order valence-electron chi connectivity index (χ3n) is 4.59. The first-order valence-corrected chi connectivity index (χ1v) is 10.9. The van der Waals surface area contributed by atoms with Crippen molar-refractivity contribution in [1.29, 1.82) is 0 Å². The standard InChI is InChI=1S/C19H21BrN2O5S/c1-26-16-6-7-17(27-2)18(13-16)28(24,25)22-10-8-21(9-11-22)19(23)14-4-3-5-15(20)12-14/h3-7,12-13H,8-11H2,1-2H3. The minimum absolute atomic E-state index is 0.0566. The van der Waals surface area contributed by atoms with Gasteiger partial charge in [-0.2, -0.15) is 4.31 Å². The smallest absolute Gasteiger partial charge is 0.253 e. The Hall–Kier alpha value is -2.10. The molecule has 0 N–H and O–H groups in total. The molecule has 150 valence electrons. The van der Waals surface area contributed by atoms with Crippen molar-refractivity contribution in [3.8, 4) is 11.5 Å². The lowest BCUT2D eigenvalue weighted by atomic mass is 10.2. The Labute approximate surface area is 173 Å². The maximum absolute atomic E-state index is 13.1. The molecule has 0 aromatic heterocycles. The normalized spacial score (nSPS) is 15.3. The topological polar surface area (TPSA) is 76.2 Å². The molecule has 0 radical (unpaired) electrons. The summed E-state index contributed by atoms with van der Waals surface area (Å²) in [6, 6.07) is 11.8. The number of nitrogens with zero attached hydrogens (tertiary/aromatic N) is 2. The number of benzene rings is 2. The van der Waals surface area contributed by atoms with E-state index in [2.05, 4.69) is 15.9 Å². The molecule has 3 rings (SSSR count). The number of sulfonamides is 1. The summed E-state index contributed by atoms with van der Waals surface area (Å²) in [5.74, 6) is 0.577. The highest BCUT2D eigenvalue weighted by Crippen LogP contribution is 2.31. The summed E-state index contributed by atoms with van der Waals surface area (Å²) in [4.78, 5) is 14.4. The van der Waals surface area contributed by atoms with Crippen molar-refractivity contribution in [2.45, 2.75) is 4.90 Å². The second-order valence-electron chi connectivity index (χ2n) is 6.22. The van der Waals surface area contributed by atoms with E-state index in [1.165, 1.54) is 24.6 Å². The Morgan fingerprint density at radius 1 is 1.00 bits per heavy atom. The number of methoxy groups -OCH3 is 2. The summed E-state index contributed by atoms with van der Waals surface area (Å²) < 4.78 is 38.8. The van der Waals surface area contributed by atoms with Gasteiger partial charge in [-0.1, -0.05) is 22.0 Å². The second-order valence-corrected chi connectivity index (χ2v) is 9.05. The van der Waals surface area contributed by atoms with Crippen LogP contribution in [-0.2, 0) is 10.0 Å². The van der Waals surface area contributed by atoms with Crippen LogP contribution < -0.4 is 9.47 Å². The summed E-state index contributed by atoms with van der Waals surface area (Å²) in [6.07, 6.45) is 0. The van der Waals surface area contributed by atoms with Gasteiger partial charge in [0.05, 0.1) is 14.2 Å². The van der Waals surface area contributed by atoms with E-state index >= 15 is 0 Å². The minimum Gasteiger partial charge on any atom is -0.497 e. The van der Waals surface area contributed by atoms with E-state index in [1.54, 1.807) is 35.2 Å². The number of carbonyl (C=O) groups is 1. The van der Waals surface area contributed by atoms with Crippen LogP contribution in [0.3, 0.4) is 0 Å². The highest BCUT2D eigenvalue weighted by atomic mass is 79.9. The van der Waals surface area contributed by atoms with Gasteiger partial charge in [0.2, 0.25) is 10.0 Å². The van der Waals surface area contributed by atoms with Crippen LogP contribution in [0.5, 0.6) is 11.5 Å². The average Bonchev–Trinajstić information content (AvgIpc) is 2.72. The summed E-state index contributed by atoms with van der Waals surface area (Å²) in [7, 11) is -0.872. The number of ether oxygens (including phenoxy) is 2. The fourth-order valence-corrected chi connectivity index (χ4v) is 5.05. The molecule has 0 bridgehead atoms. The van der Waals surface area contributed by atoms with Crippen LogP contribution in [0.15, 0.2) is 51.8 Å². The number of rotatable bonds is 5. The average molecular weight is 469 g/mol.